The van der Waals surface area contributed by atoms with Gasteiger partial charge in [-0.3, -0.25) is 19.4 Å². The quantitative estimate of drug-likeness (QED) is 0.567. The third kappa shape index (κ3) is 5.76. The van der Waals surface area contributed by atoms with Gasteiger partial charge in [0, 0.05) is 36.9 Å². The number of rotatable bonds is 8. The molecule has 2 aromatic rings. The van der Waals surface area contributed by atoms with Gasteiger partial charge in [-0.05, 0) is 50.8 Å². The molecule has 0 saturated carbocycles. The van der Waals surface area contributed by atoms with Gasteiger partial charge in [0.2, 0.25) is 5.91 Å². The zero-order chi connectivity index (χ0) is 21.7. The van der Waals surface area contributed by atoms with E-state index in [-0.39, 0.29) is 17.6 Å². The molecule has 1 aromatic carbocycles. The van der Waals surface area contributed by atoms with Crippen molar-refractivity contribution in [2.24, 2.45) is 11.8 Å². The summed E-state index contributed by atoms with van der Waals surface area (Å²) < 4.78 is 0. The van der Waals surface area contributed by atoms with Gasteiger partial charge in [0.25, 0.3) is 0 Å². The average molecular weight is 428 g/mol. The van der Waals surface area contributed by atoms with Crippen molar-refractivity contribution in [3.05, 3.63) is 46.5 Å². The number of carbonyl (C=O) groups is 2. The number of aromatic nitrogens is 1. The van der Waals surface area contributed by atoms with Gasteiger partial charge in [-0.15, -0.1) is 11.3 Å². The molecule has 6 heteroatoms. The van der Waals surface area contributed by atoms with Crippen LogP contribution in [0, 0.1) is 11.8 Å². The van der Waals surface area contributed by atoms with Crippen molar-refractivity contribution >= 4 is 28.2 Å². The zero-order valence-corrected chi connectivity index (χ0v) is 19.4. The molecule has 2 heterocycles. The number of anilines is 1. The van der Waals surface area contributed by atoms with E-state index in [0.717, 1.165) is 55.3 Å². The van der Waals surface area contributed by atoms with Gasteiger partial charge in [0.05, 0.1) is 5.69 Å². The lowest BCUT2D eigenvalue weighted by atomic mass is 9.88. The largest absolute Gasteiger partial charge is 0.297 e. The molecule has 0 atom stereocenters. The molecular formula is C24H33N3O2S. The summed E-state index contributed by atoms with van der Waals surface area (Å²) in [5.74, 6) is 1.03. The van der Waals surface area contributed by atoms with Gasteiger partial charge in [0.1, 0.15) is 0 Å². The molecule has 1 aromatic heterocycles. The van der Waals surface area contributed by atoms with Crippen LogP contribution >= 0.6 is 11.3 Å². The monoisotopic (exact) mass is 427 g/mol. The van der Waals surface area contributed by atoms with Gasteiger partial charge in [-0.25, -0.2) is 4.98 Å². The minimum Gasteiger partial charge on any atom is -0.297 e. The van der Waals surface area contributed by atoms with Crippen LogP contribution < -0.4 is 4.90 Å². The van der Waals surface area contributed by atoms with E-state index in [0.29, 0.717) is 12.5 Å². The van der Waals surface area contributed by atoms with E-state index in [9.17, 15) is 9.59 Å². The van der Waals surface area contributed by atoms with Crippen molar-refractivity contribution in [3.8, 4) is 0 Å². The fourth-order valence-electron chi connectivity index (χ4n) is 4.08. The predicted octanol–water partition coefficient (Wildman–Crippen LogP) is 4.81. The van der Waals surface area contributed by atoms with E-state index < -0.39 is 0 Å². The number of ketones is 1. The number of carbonyl (C=O) groups excluding carboxylic acids is 2. The minimum atomic E-state index is 0.0231. The lowest BCUT2D eigenvalue weighted by Crippen LogP contribution is -2.36. The number of hydrogen-bond donors (Lipinski definition) is 0. The lowest BCUT2D eigenvalue weighted by molar-refractivity contribution is -0.116. The van der Waals surface area contributed by atoms with E-state index in [2.05, 4.69) is 35.9 Å². The Balaban J connectivity index is 1.52. The third-order valence-electron chi connectivity index (χ3n) is 5.69. The van der Waals surface area contributed by atoms with Crippen LogP contribution in [0.3, 0.4) is 0 Å². The summed E-state index contributed by atoms with van der Waals surface area (Å²) >= 11 is 1.52. The Hall–Kier alpha value is -2.05. The summed E-state index contributed by atoms with van der Waals surface area (Å²) in [5.41, 5.74) is 3.14. The highest BCUT2D eigenvalue weighted by molar-refractivity contribution is 7.14. The molecule has 3 rings (SSSR count). The van der Waals surface area contributed by atoms with Crippen LogP contribution in [0.2, 0.25) is 0 Å². The lowest BCUT2D eigenvalue weighted by Gasteiger charge is -2.30. The van der Waals surface area contributed by atoms with Crippen molar-refractivity contribution in [2.45, 2.75) is 53.5 Å². The maximum absolute atomic E-state index is 12.9. The summed E-state index contributed by atoms with van der Waals surface area (Å²) in [7, 11) is 0. The summed E-state index contributed by atoms with van der Waals surface area (Å²) in [6, 6.07) is 8.20. The van der Waals surface area contributed by atoms with Crippen LogP contribution in [0.1, 0.15) is 62.2 Å². The smallest absolute Gasteiger partial charge is 0.225 e. The maximum Gasteiger partial charge on any atom is 0.225 e. The SMILES string of the molecule is CCN(C(C)=O)c1nc(CN2CCC(C(=O)c3ccc(CC(C)C)cc3)CC2)cs1. The Morgan fingerprint density at radius 1 is 1.20 bits per heavy atom. The Bertz CT molecular complexity index is 852. The highest BCUT2D eigenvalue weighted by Crippen LogP contribution is 2.25. The third-order valence-corrected chi connectivity index (χ3v) is 6.61. The molecule has 0 bridgehead atoms. The minimum absolute atomic E-state index is 0.0231. The number of Topliss-reactive ketones (excluding diaryl/α,β-unsaturated/α-hetero) is 1. The zero-order valence-electron chi connectivity index (χ0n) is 18.6. The second kappa shape index (κ2) is 10.3. The van der Waals surface area contributed by atoms with E-state index in [1.807, 2.05) is 24.4 Å². The molecule has 0 aliphatic carbocycles. The molecule has 0 spiro atoms. The number of benzene rings is 1. The molecule has 162 valence electrons. The first-order valence-electron chi connectivity index (χ1n) is 10.9. The average Bonchev–Trinajstić information content (AvgIpc) is 3.16. The Morgan fingerprint density at radius 3 is 2.43 bits per heavy atom. The van der Waals surface area contributed by atoms with Crippen molar-refractivity contribution in [1.82, 2.24) is 9.88 Å². The fourth-order valence-corrected chi connectivity index (χ4v) is 5.00. The van der Waals surface area contributed by atoms with Gasteiger partial charge in [-0.2, -0.15) is 0 Å². The van der Waals surface area contributed by atoms with Crippen LogP contribution in [0.5, 0.6) is 0 Å². The van der Waals surface area contributed by atoms with E-state index in [4.69, 9.17) is 0 Å². The summed E-state index contributed by atoms with van der Waals surface area (Å²) in [4.78, 5) is 33.3. The van der Waals surface area contributed by atoms with E-state index >= 15 is 0 Å². The topological polar surface area (TPSA) is 53.5 Å². The van der Waals surface area contributed by atoms with Crippen molar-refractivity contribution < 1.29 is 9.59 Å². The number of likely N-dealkylation sites (tertiary alicyclic amines) is 1. The number of piperidine rings is 1. The second-order valence-electron chi connectivity index (χ2n) is 8.59. The molecule has 1 aliphatic heterocycles. The number of amides is 1. The Kier molecular flexibility index (Phi) is 7.78. The Morgan fingerprint density at radius 2 is 1.87 bits per heavy atom. The molecule has 0 unspecified atom stereocenters. The molecule has 1 amide bonds. The Labute approximate surface area is 184 Å². The summed E-state index contributed by atoms with van der Waals surface area (Å²) in [6.45, 7) is 11.2. The second-order valence-corrected chi connectivity index (χ2v) is 9.43. The van der Waals surface area contributed by atoms with Crippen LogP contribution in [-0.2, 0) is 17.8 Å². The number of nitrogens with zero attached hydrogens (tertiary/aromatic N) is 3. The number of hydrogen-bond acceptors (Lipinski definition) is 5. The molecule has 1 aliphatic rings. The molecule has 30 heavy (non-hydrogen) atoms. The highest BCUT2D eigenvalue weighted by atomic mass is 32.1. The molecule has 0 radical (unpaired) electrons. The fraction of sp³-hybridized carbons (Fsp3) is 0.542. The van der Waals surface area contributed by atoms with Gasteiger partial charge in [0.15, 0.2) is 10.9 Å². The van der Waals surface area contributed by atoms with E-state index in [1.165, 1.54) is 16.9 Å². The molecule has 1 saturated heterocycles. The summed E-state index contributed by atoms with van der Waals surface area (Å²) in [6.07, 6.45) is 2.82. The standard InChI is InChI=1S/C24H33N3O2S/c1-5-27(18(4)28)24-25-22(16-30-24)15-26-12-10-21(11-13-26)23(29)20-8-6-19(7-9-20)14-17(2)3/h6-9,16-17,21H,5,10-15H2,1-4H3. The first-order valence-corrected chi connectivity index (χ1v) is 11.8. The first-order chi connectivity index (χ1) is 14.4. The number of thiazole rings is 1. The molecule has 5 nitrogen and oxygen atoms in total. The predicted molar refractivity (Wildman–Crippen MR) is 123 cm³/mol. The van der Waals surface area contributed by atoms with Crippen LogP contribution in [0.15, 0.2) is 29.6 Å². The van der Waals surface area contributed by atoms with Crippen molar-refractivity contribution in [2.75, 3.05) is 24.5 Å². The van der Waals surface area contributed by atoms with Crippen molar-refractivity contribution in [3.63, 3.8) is 0 Å². The van der Waals surface area contributed by atoms with Crippen LogP contribution in [-0.4, -0.2) is 41.2 Å². The van der Waals surface area contributed by atoms with Crippen LogP contribution in [0.25, 0.3) is 0 Å². The van der Waals surface area contributed by atoms with Crippen LogP contribution in [0.4, 0.5) is 5.13 Å². The molecular weight excluding hydrogens is 394 g/mol. The first kappa shape index (κ1) is 22.6. The van der Waals surface area contributed by atoms with Gasteiger partial charge in [-0.1, -0.05) is 38.1 Å². The normalized spacial score (nSPS) is 15.5. The van der Waals surface area contributed by atoms with E-state index in [1.54, 1.807) is 11.8 Å². The maximum atomic E-state index is 12.9. The van der Waals surface area contributed by atoms with Gasteiger partial charge >= 0.3 is 0 Å². The van der Waals surface area contributed by atoms with Gasteiger partial charge < -0.3 is 0 Å². The highest BCUT2D eigenvalue weighted by Gasteiger charge is 2.26. The molecule has 1 fully saturated rings. The van der Waals surface area contributed by atoms with Crippen molar-refractivity contribution in [1.29, 1.82) is 0 Å². The molecule has 0 N–H and O–H groups in total. The summed E-state index contributed by atoms with van der Waals surface area (Å²) in [5, 5.41) is 2.81.